The number of fused-ring (bicyclic) bond motifs is 1. The molecule has 0 unspecified atom stereocenters. The summed E-state index contributed by atoms with van der Waals surface area (Å²) in [7, 11) is 0. The third kappa shape index (κ3) is 4.99. The predicted molar refractivity (Wildman–Crippen MR) is 112 cm³/mol. The van der Waals surface area contributed by atoms with E-state index in [0.29, 0.717) is 21.5 Å². The lowest BCUT2D eigenvalue weighted by Crippen LogP contribution is -2.42. The number of phenolic OH excluding ortho intramolecular Hbond substituents is 1. The van der Waals surface area contributed by atoms with Crippen molar-refractivity contribution in [2.45, 2.75) is 32.2 Å². The van der Waals surface area contributed by atoms with Crippen molar-refractivity contribution in [1.29, 1.82) is 0 Å². The molecule has 2 aromatic carbocycles. The highest BCUT2D eigenvalue weighted by Crippen LogP contribution is 2.23. The van der Waals surface area contributed by atoms with Gasteiger partial charge >= 0.3 is 11.6 Å². The number of aromatic hydroxyl groups is 1. The van der Waals surface area contributed by atoms with Crippen molar-refractivity contribution in [3.8, 4) is 5.75 Å². The van der Waals surface area contributed by atoms with E-state index >= 15 is 0 Å². The number of hydrogen-bond acceptors (Lipinski definition) is 5. The molecule has 0 radical (unpaired) electrons. The van der Waals surface area contributed by atoms with Gasteiger partial charge in [-0.3, -0.25) is 4.79 Å². The number of carbonyl (C=O) groups is 2. The molecule has 1 amide bonds. The van der Waals surface area contributed by atoms with Crippen LogP contribution in [-0.4, -0.2) is 28.1 Å². The molecule has 3 aromatic rings. The van der Waals surface area contributed by atoms with Crippen LogP contribution in [0.4, 0.5) is 0 Å². The van der Waals surface area contributed by atoms with Crippen molar-refractivity contribution < 1.29 is 24.2 Å². The van der Waals surface area contributed by atoms with Gasteiger partial charge in [0, 0.05) is 34.9 Å². The van der Waals surface area contributed by atoms with E-state index < -0.39 is 23.5 Å². The number of carbonyl (C=O) groups excluding carboxylic acids is 1. The van der Waals surface area contributed by atoms with E-state index in [1.165, 1.54) is 12.1 Å². The number of amides is 1. The zero-order valence-corrected chi connectivity index (χ0v) is 16.9. The van der Waals surface area contributed by atoms with Crippen LogP contribution in [0.25, 0.3) is 11.0 Å². The number of nitrogens with one attached hydrogen (secondary N) is 1. The molecular formula is C22H20ClNO6. The quantitative estimate of drug-likeness (QED) is 0.496. The monoisotopic (exact) mass is 429 g/mol. The Labute approximate surface area is 176 Å². The second-order valence-corrected chi connectivity index (χ2v) is 7.40. The maximum Gasteiger partial charge on any atom is 0.339 e. The number of carboxylic acids is 1. The minimum Gasteiger partial charge on any atom is -0.508 e. The number of halogens is 1. The number of aryl methyl sites for hydroxylation is 1. The molecule has 0 saturated heterocycles. The second kappa shape index (κ2) is 9.00. The molecule has 0 aliphatic carbocycles. The minimum absolute atomic E-state index is 0.0161. The fraction of sp³-hybridized carbons (Fsp3) is 0.227. The first kappa shape index (κ1) is 21.4. The number of rotatable bonds is 7. The summed E-state index contributed by atoms with van der Waals surface area (Å²) in [6.45, 7) is 1.74. The zero-order chi connectivity index (χ0) is 21.8. The summed E-state index contributed by atoms with van der Waals surface area (Å²) in [5.41, 5.74) is 1.40. The smallest absolute Gasteiger partial charge is 0.339 e. The predicted octanol–water partition coefficient (Wildman–Crippen LogP) is 3.21. The molecule has 0 saturated carbocycles. The van der Waals surface area contributed by atoms with Gasteiger partial charge in [0.2, 0.25) is 5.91 Å². The highest BCUT2D eigenvalue weighted by atomic mass is 35.5. The van der Waals surface area contributed by atoms with Gasteiger partial charge in [0.1, 0.15) is 17.4 Å². The summed E-state index contributed by atoms with van der Waals surface area (Å²) < 4.78 is 5.24. The summed E-state index contributed by atoms with van der Waals surface area (Å²) in [6.07, 6.45) is 0.141. The first-order valence-electron chi connectivity index (χ1n) is 9.26. The average Bonchev–Trinajstić information content (AvgIpc) is 2.68. The molecule has 0 aliphatic heterocycles. The molecule has 3 rings (SSSR count). The summed E-state index contributed by atoms with van der Waals surface area (Å²) in [5.74, 6) is -1.65. The fourth-order valence-electron chi connectivity index (χ4n) is 3.23. The number of benzene rings is 2. The SMILES string of the molecule is Cc1c(CCC(=O)N[C@H](Cc2ccc(Cl)cc2)C(=O)O)c(=O)oc2cc(O)ccc12. The van der Waals surface area contributed by atoms with E-state index in [0.717, 1.165) is 5.56 Å². The Bertz CT molecular complexity index is 1150. The van der Waals surface area contributed by atoms with Crippen molar-refractivity contribution in [2.24, 2.45) is 0 Å². The Hall–Kier alpha value is -3.32. The molecule has 7 nitrogen and oxygen atoms in total. The maximum atomic E-state index is 12.3. The van der Waals surface area contributed by atoms with Crippen LogP contribution in [0, 0.1) is 6.92 Å². The second-order valence-electron chi connectivity index (χ2n) is 6.96. The number of hydrogen-bond donors (Lipinski definition) is 3. The van der Waals surface area contributed by atoms with Crippen LogP contribution in [0.3, 0.4) is 0 Å². The van der Waals surface area contributed by atoms with Crippen molar-refractivity contribution in [2.75, 3.05) is 0 Å². The standard InChI is InChI=1S/C22H20ClNO6/c1-12-16-7-6-15(25)11-19(16)30-22(29)17(12)8-9-20(26)24-18(21(27)28)10-13-2-4-14(23)5-3-13/h2-7,11,18,25H,8-10H2,1H3,(H,24,26)(H,27,28)/t18-/m1/s1. The Morgan fingerprint density at radius 1 is 1.17 bits per heavy atom. The van der Waals surface area contributed by atoms with Crippen LogP contribution in [-0.2, 0) is 22.4 Å². The molecule has 1 aromatic heterocycles. The van der Waals surface area contributed by atoms with Gasteiger partial charge < -0.3 is 19.9 Å². The zero-order valence-electron chi connectivity index (χ0n) is 16.1. The lowest BCUT2D eigenvalue weighted by molar-refractivity contribution is -0.141. The fourth-order valence-corrected chi connectivity index (χ4v) is 3.36. The largest absolute Gasteiger partial charge is 0.508 e. The van der Waals surface area contributed by atoms with Crippen LogP contribution in [0.1, 0.15) is 23.1 Å². The van der Waals surface area contributed by atoms with Gasteiger partial charge in [0.05, 0.1) is 0 Å². The highest BCUT2D eigenvalue weighted by Gasteiger charge is 2.21. The molecule has 0 fully saturated rings. The molecule has 30 heavy (non-hydrogen) atoms. The topological polar surface area (TPSA) is 117 Å². The lowest BCUT2D eigenvalue weighted by atomic mass is 10.0. The third-order valence-corrected chi connectivity index (χ3v) is 5.11. The Morgan fingerprint density at radius 3 is 2.53 bits per heavy atom. The van der Waals surface area contributed by atoms with E-state index in [1.54, 1.807) is 37.3 Å². The first-order valence-corrected chi connectivity index (χ1v) is 9.64. The van der Waals surface area contributed by atoms with Crippen molar-refractivity contribution >= 4 is 34.4 Å². The number of phenols is 1. The maximum absolute atomic E-state index is 12.3. The van der Waals surface area contributed by atoms with Crippen LogP contribution >= 0.6 is 11.6 Å². The van der Waals surface area contributed by atoms with Crippen LogP contribution < -0.4 is 10.9 Å². The van der Waals surface area contributed by atoms with Gasteiger partial charge in [-0.1, -0.05) is 23.7 Å². The molecule has 0 spiro atoms. The molecule has 0 bridgehead atoms. The Balaban J connectivity index is 1.69. The molecule has 3 N–H and O–H groups in total. The first-order chi connectivity index (χ1) is 14.2. The van der Waals surface area contributed by atoms with Gasteiger partial charge in [-0.15, -0.1) is 0 Å². The van der Waals surface area contributed by atoms with Gasteiger partial charge in [0.15, 0.2) is 0 Å². The van der Waals surface area contributed by atoms with Gasteiger partial charge in [0.25, 0.3) is 0 Å². The van der Waals surface area contributed by atoms with E-state index in [2.05, 4.69) is 5.32 Å². The summed E-state index contributed by atoms with van der Waals surface area (Å²) >= 11 is 5.83. The Kier molecular flexibility index (Phi) is 6.42. The van der Waals surface area contributed by atoms with E-state index in [1.807, 2.05) is 0 Å². The van der Waals surface area contributed by atoms with Crippen LogP contribution in [0.5, 0.6) is 5.75 Å². The Morgan fingerprint density at radius 2 is 1.87 bits per heavy atom. The van der Waals surface area contributed by atoms with E-state index in [-0.39, 0.29) is 30.6 Å². The van der Waals surface area contributed by atoms with Crippen LogP contribution in [0.2, 0.25) is 5.02 Å². The van der Waals surface area contributed by atoms with E-state index in [4.69, 9.17) is 16.0 Å². The minimum atomic E-state index is -1.15. The molecule has 1 atom stereocenters. The average molecular weight is 430 g/mol. The molecular weight excluding hydrogens is 410 g/mol. The van der Waals surface area contributed by atoms with Crippen molar-refractivity contribution in [1.82, 2.24) is 5.32 Å². The van der Waals surface area contributed by atoms with E-state index in [9.17, 15) is 24.6 Å². The van der Waals surface area contributed by atoms with Gasteiger partial charge in [-0.05, 0) is 48.7 Å². The third-order valence-electron chi connectivity index (χ3n) is 4.86. The normalized spacial score (nSPS) is 11.9. The number of aliphatic carboxylic acids is 1. The van der Waals surface area contributed by atoms with Crippen LogP contribution in [0.15, 0.2) is 51.7 Å². The molecule has 8 heteroatoms. The van der Waals surface area contributed by atoms with Gasteiger partial charge in [-0.25, -0.2) is 9.59 Å². The lowest BCUT2D eigenvalue weighted by Gasteiger charge is -2.15. The molecule has 156 valence electrons. The highest BCUT2D eigenvalue weighted by molar-refractivity contribution is 6.30. The molecule has 0 aliphatic rings. The molecule has 1 heterocycles. The van der Waals surface area contributed by atoms with Crippen molar-refractivity contribution in [3.63, 3.8) is 0 Å². The summed E-state index contributed by atoms with van der Waals surface area (Å²) in [6, 6.07) is 10.1. The summed E-state index contributed by atoms with van der Waals surface area (Å²) in [4.78, 5) is 36.2. The van der Waals surface area contributed by atoms with Crippen molar-refractivity contribution in [3.05, 3.63) is 74.6 Å². The number of carboxylic acid groups (broad SMARTS) is 1. The summed E-state index contributed by atoms with van der Waals surface area (Å²) in [5, 5.41) is 22.7. The van der Waals surface area contributed by atoms with Gasteiger partial charge in [-0.2, -0.15) is 0 Å².